The first-order chi connectivity index (χ1) is 17.7. The van der Waals surface area contributed by atoms with E-state index >= 15 is 0 Å². The molecule has 0 radical (unpaired) electrons. The van der Waals surface area contributed by atoms with E-state index in [0.29, 0.717) is 60.4 Å². The van der Waals surface area contributed by atoms with Crippen molar-refractivity contribution in [2.45, 2.75) is 13.5 Å². The van der Waals surface area contributed by atoms with E-state index < -0.39 is 15.8 Å². The topological polar surface area (TPSA) is 70.2 Å². The molecule has 1 aliphatic heterocycles. The molecule has 196 valence electrons. The van der Waals surface area contributed by atoms with Crippen molar-refractivity contribution >= 4 is 38.9 Å². The van der Waals surface area contributed by atoms with E-state index in [4.69, 9.17) is 16.3 Å². The first-order valence-electron chi connectivity index (χ1n) is 11.9. The van der Waals surface area contributed by atoms with Gasteiger partial charge in [0.2, 0.25) is 10.0 Å². The van der Waals surface area contributed by atoms with E-state index in [1.807, 2.05) is 31.2 Å². The van der Waals surface area contributed by atoms with Crippen LogP contribution in [0.4, 0.5) is 15.8 Å². The van der Waals surface area contributed by atoms with E-state index in [2.05, 4.69) is 4.90 Å². The quantitative estimate of drug-likeness (QED) is 0.406. The number of carbonyl (C=O) groups is 1. The van der Waals surface area contributed by atoms with Gasteiger partial charge in [0.25, 0.3) is 5.91 Å². The molecule has 0 aromatic heterocycles. The largest absolute Gasteiger partial charge is 0.494 e. The summed E-state index contributed by atoms with van der Waals surface area (Å²) in [4.78, 5) is 17.4. The van der Waals surface area contributed by atoms with E-state index in [-0.39, 0.29) is 12.5 Å². The lowest BCUT2D eigenvalue weighted by molar-refractivity contribution is 0.0746. The molecular formula is C27H29ClFN3O4S. The number of halogens is 2. The number of carbonyl (C=O) groups excluding carboxylic acids is 1. The average Bonchev–Trinajstić information content (AvgIpc) is 2.88. The van der Waals surface area contributed by atoms with Crippen molar-refractivity contribution in [3.8, 4) is 5.75 Å². The predicted octanol–water partition coefficient (Wildman–Crippen LogP) is 4.81. The second-order valence-electron chi connectivity index (χ2n) is 8.76. The van der Waals surface area contributed by atoms with Gasteiger partial charge < -0.3 is 14.5 Å². The summed E-state index contributed by atoms with van der Waals surface area (Å²) < 4.78 is 45.6. The second kappa shape index (κ2) is 11.4. The molecule has 1 fully saturated rings. The highest BCUT2D eigenvalue weighted by Gasteiger charge is 2.25. The molecule has 7 nitrogen and oxygen atoms in total. The zero-order chi connectivity index (χ0) is 26.6. The van der Waals surface area contributed by atoms with Gasteiger partial charge in [-0.2, -0.15) is 0 Å². The second-order valence-corrected chi connectivity index (χ2v) is 11.1. The maximum absolute atomic E-state index is 13.5. The summed E-state index contributed by atoms with van der Waals surface area (Å²) in [7, 11) is -3.70. The van der Waals surface area contributed by atoms with Gasteiger partial charge in [-0.15, -0.1) is 0 Å². The summed E-state index contributed by atoms with van der Waals surface area (Å²) in [6.45, 7) is 4.56. The van der Waals surface area contributed by atoms with Crippen molar-refractivity contribution in [1.29, 1.82) is 0 Å². The van der Waals surface area contributed by atoms with Crippen LogP contribution in [0.5, 0.6) is 5.75 Å². The van der Waals surface area contributed by atoms with Gasteiger partial charge in [0, 0.05) is 48.0 Å². The maximum atomic E-state index is 13.5. The van der Waals surface area contributed by atoms with Crippen LogP contribution in [0.25, 0.3) is 0 Å². The Morgan fingerprint density at radius 2 is 1.73 bits per heavy atom. The van der Waals surface area contributed by atoms with Crippen LogP contribution in [-0.2, 0) is 16.6 Å². The number of amides is 1. The predicted molar refractivity (Wildman–Crippen MR) is 145 cm³/mol. The molecule has 1 amide bonds. The van der Waals surface area contributed by atoms with Crippen molar-refractivity contribution in [2.75, 3.05) is 48.2 Å². The molecule has 1 saturated heterocycles. The molecule has 0 bridgehead atoms. The molecule has 1 heterocycles. The number of hydrogen-bond donors (Lipinski definition) is 0. The number of sulfonamides is 1. The van der Waals surface area contributed by atoms with Gasteiger partial charge in [0.05, 0.1) is 25.1 Å². The van der Waals surface area contributed by atoms with Gasteiger partial charge in [-0.05, 0) is 67.6 Å². The number of benzene rings is 3. The van der Waals surface area contributed by atoms with Gasteiger partial charge in [-0.25, -0.2) is 12.8 Å². The molecule has 1 aliphatic rings. The highest BCUT2D eigenvalue weighted by molar-refractivity contribution is 7.92. The Kier molecular flexibility index (Phi) is 8.24. The molecule has 37 heavy (non-hydrogen) atoms. The van der Waals surface area contributed by atoms with E-state index in [9.17, 15) is 17.6 Å². The number of nitrogens with zero attached hydrogens (tertiary/aromatic N) is 3. The van der Waals surface area contributed by atoms with Crippen molar-refractivity contribution in [3.05, 3.63) is 88.7 Å². The fraction of sp³-hybridized carbons (Fsp3) is 0.296. The molecule has 10 heteroatoms. The summed E-state index contributed by atoms with van der Waals surface area (Å²) in [6.07, 6.45) is 1.09. The molecule has 0 saturated carbocycles. The average molecular weight is 546 g/mol. The number of hydrogen-bond acceptors (Lipinski definition) is 5. The van der Waals surface area contributed by atoms with Crippen LogP contribution in [-0.4, -0.2) is 58.3 Å². The molecule has 0 spiro atoms. The number of rotatable bonds is 8. The third-order valence-corrected chi connectivity index (χ3v) is 7.55. The van der Waals surface area contributed by atoms with Crippen LogP contribution >= 0.6 is 11.6 Å². The molecule has 0 atom stereocenters. The zero-order valence-corrected chi connectivity index (χ0v) is 22.3. The lowest BCUT2D eigenvalue weighted by Crippen LogP contribution is -2.48. The number of ether oxygens (including phenoxy) is 1. The zero-order valence-electron chi connectivity index (χ0n) is 20.7. The summed E-state index contributed by atoms with van der Waals surface area (Å²) >= 11 is 6.12. The Hall–Kier alpha value is -3.30. The van der Waals surface area contributed by atoms with Crippen LogP contribution in [0.3, 0.4) is 0 Å². The Bertz CT molecular complexity index is 1360. The van der Waals surface area contributed by atoms with Crippen LogP contribution in [0.1, 0.15) is 22.8 Å². The highest BCUT2D eigenvalue weighted by atomic mass is 35.5. The van der Waals surface area contributed by atoms with Crippen LogP contribution in [0, 0.1) is 5.82 Å². The molecule has 3 aromatic carbocycles. The van der Waals surface area contributed by atoms with Crippen molar-refractivity contribution in [2.24, 2.45) is 0 Å². The minimum Gasteiger partial charge on any atom is -0.494 e. The lowest BCUT2D eigenvalue weighted by Gasteiger charge is -2.36. The fourth-order valence-electron chi connectivity index (χ4n) is 4.32. The maximum Gasteiger partial charge on any atom is 0.253 e. The van der Waals surface area contributed by atoms with Gasteiger partial charge >= 0.3 is 0 Å². The molecule has 3 aromatic rings. The summed E-state index contributed by atoms with van der Waals surface area (Å²) in [5.74, 6) is -0.112. The Labute approximate surface area is 222 Å². The smallest absolute Gasteiger partial charge is 0.253 e. The molecule has 0 aliphatic carbocycles. The van der Waals surface area contributed by atoms with Crippen LogP contribution in [0.2, 0.25) is 5.02 Å². The third kappa shape index (κ3) is 6.53. The van der Waals surface area contributed by atoms with E-state index in [0.717, 1.165) is 11.9 Å². The third-order valence-electron chi connectivity index (χ3n) is 6.18. The summed E-state index contributed by atoms with van der Waals surface area (Å²) in [5.41, 5.74) is 2.33. The Morgan fingerprint density at radius 1 is 1.03 bits per heavy atom. The van der Waals surface area contributed by atoms with Gasteiger partial charge in [-0.3, -0.25) is 9.10 Å². The fourth-order valence-corrected chi connectivity index (χ4v) is 5.38. The van der Waals surface area contributed by atoms with Crippen molar-refractivity contribution in [1.82, 2.24) is 4.90 Å². The van der Waals surface area contributed by atoms with Crippen molar-refractivity contribution in [3.63, 3.8) is 0 Å². The Balaban J connectivity index is 1.55. The SMILES string of the molecule is CCOc1ccc(C(=O)N2CCN(c3cccc(Cl)c3)CC2)cc1CN(c1ccc(F)cc1)S(C)(=O)=O. The van der Waals surface area contributed by atoms with Crippen LogP contribution < -0.4 is 13.9 Å². The monoisotopic (exact) mass is 545 g/mol. The number of anilines is 2. The van der Waals surface area contributed by atoms with Crippen molar-refractivity contribution < 1.29 is 22.3 Å². The minimum atomic E-state index is -3.70. The van der Waals surface area contributed by atoms with Crippen LogP contribution in [0.15, 0.2) is 66.7 Å². The Morgan fingerprint density at radius 3 is 2.35 bits per heavy atom. The molecular weight excluding hydrogens is 517 g/mol. The van der Waals surface area contributed by atoms with Gasteiger partial charge in [-0.1, -0.05) is 17.7 Å². The standard InChI is InChI=1S/C27H29ClFN3O4S/c1-3-36-26-12-7-20(17-21(26)19-32(37(2,34)35)24-10-8-23(29)9-11-24)27(33)31-15-13-30(14-16-31)25-6-4-5-22(28)18-25/h4-12,17-18H,3,13-16,19H2,1-2H3. The summed E-state index contributed by atoms with van der Waals surface area (Å²) in [6, 6.07) is 17.9. The highest BCUT2D eigenvalue weighted by Crippen LogP contribution is 2.28. The van der Waals surface area contributed by atoms with Gasteiger partial charge in [0.15, 0.2) is 0 Å². The first kappa shape index (κ1) is 26.8. The number of piperazine rings is 1. The molecule has 4 rings (SSSR count). The van der Waals surface area contributed by atoms with Gasteiger partial charge in [0.1, 0.15) is 11.6 Å². The van der Waals surface area contributed by atoms with E-state index in [1.54, 1.807) is 23.1 Å². The lowest BCUT2D eigenvalue weighted by atomic mass is 10.1. The molecule has 0 N–H and O–H groups in total. The first-order valence-corrected chi connectivity index (χ1v) is 14.2. The molecule has 0 unspecified atom stereocenters. The van der Waals surface area contributed by atoms with E-state index in [1.165, 1.54) is 28.6 Å². The minimum absolute atomic E-state index is 0.0660. The summed E-state index contributed by atoms with van der Waals surface area (Å²) in [5, 5.41) is 0.668. The normalized spacial score (nSPS) is 13.9.